The summed E-state index contributed by atoms with van der Waals surface area (Å²) in [5.41, 5.74) is 3.52. The van der Waals surface area contributed by atoms with E-state index >= 15 is 0 Å². The normalized spacial score (nSPS) is 16.7. The van der Waals surface area contributed by atoms with Crippen molar-refractivity contribution in [3.63, 3.8) is 0 Å². The maximum absolute atomic E-state index is 12.3. The maximum atomic E-state index is 12.3. The average molecular weight is 416 g/mol. The number of hydrogen-bond acceptors (Lipinski definition) is 5. The molecule has 5 nitrogen and oxygen atoms in total. The minimum atomic E-state index is -0.00750. The van der Waals surface area contributed by atoms with Crippen LogP contribution >= 0.6 is 11.3 Å². The third kappa shape index (κ3) is 6.91. The van der Waals surface area contributed by atoms with Gasteiger partial charge in [0.2, 0.25) is 5.91 Å². The molecule has 1 aliphatic heterocycles. The van der Waals surface area contributed by atoms with Gasteiger partial charge in [-0.05, 0) is 58.2 Å². The SMILES string of the molecule is CCOC(C)c1nc(CC(=O)NCC2CCN(Cc3ccc(C)cc3)CC2)cs1. The highest BCUT2D eigenvalue weighted by Crippen LogP contribution is 2.22. The van der Waals surface area contributed by atoms with Gasteiger partial charge in [0.05, 0.1) is 12.1 Å². The Balaban J connectivity index is 1.35. The molecule has 1 atom stereocenters. The molecule has 1 amide bonds. The smallest absolute Gasteiger partial charge is 0.226 e. The lowest BCUT2D eigenvalue weighted by Crippen LogP contribution is -2.38. The van der Waals surface area contributed by atoms with Gasteiger partial charge < -0.3 is 10.1 Å². The van der Waals surface area contributed by atoms with Gasteiger partial charge in [-0.25, -0.2) is 4.98 Å². The third-order valence-corrected chi connectivity index (χ3v) is 6.55. The van der Waals surface area contributed by atoms with E-state index in [1.54, 1.807) is 11.3 Å². The quantitative estimate of drug-likeness (QED) is 0.669. The molecule has 6 heteroatoms. The number of amides is 1. The Hall–Kier alpha value is -1.76. The molecular formula is C23H33N3O2S. The first-order valence-corrected chi connectivity index (χ1v) is 11.5. The van der Waals surface area contributed by atoms with Crippen molar-refractivity contribution in [2.24, 2.45) is 5.92 Å². The number of nitrogens with one attached hydrogen (secondary N) is 1. The van der Waals surface area contributed by atoms with E-state index in [9.17, 15) is 4.79 Å². The molecule has 0 radical (unpaired) electrons. The lowest BCUT2D eigenvalue weighted by Gasteiger charge is -2.32. The van der Waals surface area contributed by atoms with Gasteiger partial charge in [-0.3, -0.25) is 9.69 Å². The van der Waals surface area contributed by atoms with Crippen molar-refractivity contribution in [3.8, 4) is 0 Å². The Labute approximate surface area is 178 Å². The van der Waals surface area contributed by atoms with Crippen molar-refractivity contribution in [3.05, 3.63) is 51.5 Å². The van der Waals surface area contributed by atoms with Crippen LogP contribution in [-0.2, 0) is 22.5 Å². The molecule has 0 spiro atoms. The Morgan fingerprint density at radius 2 is 2.03 bits per heavy atom. The number of piperidine rings is 1. The second-order valence-corrected chi connectivity index (χ2v) is 8.85. The van der Waals surface area contributed by atoms with E-state index in [0.717, 1.165) is 49.7 Å². The number of nitrogens with zero attached hydrogens (tertiary/aromatic N) is 2. The molecule has 1 fully saturated rings. The number of aryl methyl sites for hydroxylation is 1. The van der Waals surface area contributed by atoms with Crippen LogP contribution in [0.3, 0.4) is 0 Å². The standard InChI is InChI=1S/C23H33N3O2S/c1-4-28-18(3)23-25-21(16-29-23)13-22(27)24-14-19-9-11-26(12-10-19)15-20-7-5-17(2)6-8-20/h5-8,16,18-19H,4,9-15H2,1-3H3,(H,24,27). The largest absolute Gasteiger partial charge is 0.372 e. The second-order valence-electron chi connectivity index (χ2n) is 7.96. The molecule has 0 saturated carbocycles. The molecule has 2 heterocycles. The Bertz CT molecular complexity index is 767. The Kier molecular flexibility index (Phi) is 8.21. The Morgan fingerprint density at radius 3 is 2.72 bits per heavy atom. The van der Waals surface area contributed by atoms with Crippen LogP contribution < -0.4 is 5.32 Å². The highest BCUT2D eigenvalue weighted by molar-refractivity contribution is 7.09. The summed E-state index contributed by atoms with van der Waals surface area (Å²) in [6.45, 7) is 10.7. The fourth-order valence-electron chi connectivity index (χ4n) is 3.70. The van der Waals surface area contributed by atoms with Crippen LogP contribution in [0, 0.1) is 12.8 Å². The molecule has 1 aromatic carbocycles. The lowest BCUT2D eigenvalue weighted by molar-refractivity contribution is -0.120. The van der Waals surface area contributed by atoms with E-state index < -0.39 is 0 Å². The minimum absolute atomic E-state index is 0.00750. The van der Waals surface area contributed by atoms with Crippen molar-refractivity contribution in [1.29, 1.82) is 0 Å². The predicted molar refractivity (Wildman–Crippen MR) is 118 cm³/mol. The summed E-state index contributed by atoms with van der Waals surface area (Å²) in [5, 5.41) is 6.02. The highest BCUT2D eigenvalue weighted by atomic mass is 32.1. The number of carbonyl (C=O) groups excluding carboxylic acids is 1. The van der Waals surface area contributed by atoms with Crippen LogP contribution in [0.1, 0.15) is 54.6 Å². The van der Waals surface area contributed by atoms with Gasteiger partial charge in [-0.1, -0.05) is 29.8 Å². The summed E-state index contributed by atoms with van der Waals surface area (Å²) in [6.07, 6.45) is 2.62. The van der Waals surface area contributed by atoms with Crippen LogP contribution in [0.4, 0.5) is 0 Å². The van der Waals surface area contributed by atoms with Crippen molar-refractivity contribution in [2.75, 3.05) is 26.2 Å². The summed E-state index contributed by atoms with van der Waals surface area (Å²) in [4.78, 5) is 19.4. The fraction of sp³-hybridized carbons (Fsp3) is 0.565. The van der Waals surface area contributed by atoms with Gasteiger partial charge in [-0.15, -0.1) is 11.3 Å². The van der Waals surface area contributed by atoms with Crippen LogP contribution in [0.5, 0.6) is 0 Å². The van der Waals surface area contributed by atoms with Gasteiger partial charge >= 0.3 is 0 Å². The highest BCUT2D eigenvalue weighted by Gasteiger charge is 2.20. The number of ether oxygens (including phenoxy) is 1. The second kappa shape index (κ2) is 10.9. The zero-order chi connectivity index (χ0) is 20.6. The number of likely N-dealkylation sites (tertiary alicyclic amines) is 1. The van der Waals surface area contributed by atoms with Crippen LogP contribution in [-0.4, -0.2) is 42.0 Å². The molecule has 0 bridgehead atoms. The number of thiazole rings is 1. The molecule has 2 aromatic rings. The lowest BCUT2D eigenvalue weighted by atomic mass is 9.96. The van der Waals surface area contributed by atoms with Crippen molar-refractivity contribution >= 4 is 17.2 Å². The maximum Gasteiger partial charge on any atom is 0.226 e. The zero-order valence-corrected chi connectivity index (χ0v) is 18.6. The van der Waals surface area contributed by atoms with Crippen LogP contribution in [0.15, 0.2) is 29.6 Å². The molecule has 3 rings (SSSR count). The number of rotatable bonds is 9. The molecule has 1 aliphatic rings. The van der Waals surface area contributed by atoms with Gasteiger partial charge in [0.1, 0.15) is 11.1 Å². The Morgan fingerprint density at radius 1 is 1.31 bits per heavy atom. The molecule has 0 aliphatic carbocycles. The molecule has 1 unspecified atom stereocenters. The van der Waals surface area contributed by atoms with Gasteiger partial charge in [0.25, 0.3) is 0 Å². The molecule has 1 saturated heterocycles. The summed E-state index contributed by atoms with van der Waals surface area (Å²) in [7, 11) is 0. The van der Waals surface area contributed by atoms with Crippen molar-refractivity contribution in [2.45, 2.75) is 52.7 Å². The number of benzene rings is 1. The predicted octanol–water partition coefficient (Wildman–Crippen LogP) is 4.12. The van der Waals surface area contributed by atoms with Crippen LogP contribution in [0.2, 0.25) is 0 Å². The summed E-state index contributed by atoms with van der Waals surface area (Å²) in [5.74, 6) is 0.630. The number of hydrogen-bond donors (Lipinski definition) is 1. The zero-order valence-electron chi connectivity index (χ0n) is 17.8. The monoisotopic (exact) mass is 415 g/mol. The van der Waals surface area contributed by atoms with Gasteiger partial charge in [0, 0.05) is 25.1 Å². The van der Waals surface area contributed by atoms with E-state index in [0.29, 0.717) is 18.9 Å². The summed E-state index contributed by atoms with van der Waals surface area (Å²) < 4.78 is 5.57. The van der Waals surface area contributed by atoms with E-state index in [2.05, 4.69) is 46.4 Å². The van der Waals surface area contributed by atoms with Crippen LogP contribution in [0.25, 0.3) is 0 Å². The first-order chi connectivity index (χ1) is 14.0. The topological polar surface area (TPSA) is 54.5 Å². The van der Waals surface area contributed by atoms with E-state index in [-0.39, 0.29) is 12.0 Å². The van der Waals surface area contributed by atoms with Gasteiger partial charge in [0.15, 0.2) is 0 Å². The van der Waals surface area contributed by atoms with E-state index in [1.807, 2.05) is 19.2 Å². The average Bonchev–Trinajstić information content (AvgIpc) is 3.18. The first-order valence-electron chi connectivity index (χ1n) is 10.6. The minimum Gasteiger partial charge on any atom is -0.372 e. The molecule has 29 heavy (non-hydrogen) atoms. The first kappa shape index (κ1) is 21.9. The number of carbonyl (C=O) groups is 1. The summed E-state index contributed by atoms with van der Waals surface area (Å²) in [6, 6.07) is 8.81. The van der Waals surface area contributed by atoms with E-state index in [4.69, 9.17) is 4.74 Å². The van der Waals surface area contributed by atoms with Crippen molar-refractivity contribution < 1.29 is 9.53 Å². The third-order valence-electron chi connectivity index (χ3n) is 5.50. The molecular weight excluding hydrogens is 382 g/mol. The number of aromatic nitrogens is 1. The summed E-state index contributed by atoms with van der Waals surface area (Å²) >= 11 is 1.57. The molecule has 1 aromatic heterocycles. The molecule has 1 N–H and O–H groups in total. The van der Waals surface area contributed by atoms with Crippen molar-refractivity contribution in [1.82, 2.24) is 15.2 Å². The molecule has 158 valence electrons. The van der Waals surface area contributed by atoms with Gasteiger partial charge in [-0.2, -0.15) is 0 Å². The fourth-order valence-corrected chi connectivity index (χ4v) is 4.52. The van der Waals surface area contributed by atoms with E-state index in [1.165, 1.54) is 11.1 Å².